The smallest absolute Gasteiger partial charge is 0.232 e. The third-order valence-corrected chi connectivity index (χ3v) is 1.86. The predicted molar refractivity (Wildman–Crippen MR) is 51.0 cm³/mol. The Labute approximate surface area is 81.6 Å². The number of rotatable bonds is 3. The fourth-order valence-electron chi connectivity index (χ4n) is 0.888. The number of halogens is 1. The van der Waals surface area contributed by atoms with E-state index in [2.05, 4.69) is 11.6 Å². The number of aliphatic hydroxyl groups excluding tert-OH is 1. The van der Waals surface area contributed by atoms with E-state index in [1.165, 1.54) is 19.4 Å². The molecule has 1 N–H and O–H groups in total. The highest BCUT2D eigenvalue weighted by molar-refractivity contribution is 6.31. The summed E-state index contributed by atoms with van der Waals surface area (Å²) in [5, 5.41) is 9.74. The summed E-state index contributed by atoms with van der Waals surface area (Å²) in [5.74, 6) is 0.349. The van der Waals surface area contributed by atoms with Gasteiger partial charge < -0.3 is 9.84 Å². The molecule has 4 heteroatoms. The first-order valence-electron chi connectivity index (χ1n) is 3.69. The average molecular weight is 200 g/mol. The van der Waals surface area contributed by atoms with Crippen molar-refractivity contribution in [3.63, 3.8) is 0 Å². The van der Waals surface area contributed by atoms with E-state index in [0.29, 0.717) is 16.5 Å². The number of hydrogen-bond donors (Lipinski definition) is 1. The quantitative estimate of drug-likeness (QED) is 0.757. The molecule has 0 bridgehead atoms. The first-order chi connectivity index (χ1) is 6.19. The van der Waals surface area contributed by atoms with Gasteiger partial charge in [0.25, 0.3) is 0 Å². The van der Waals surface area contributed by atoms with Crippen molar-refractivity contribution in [2.24, 2.45) is 0 Å². The van der Waals surface area contributed by atoms with Gasteiger partial charge in [-0.05, 0) is 6.07 Å². The number of hydrogen-bond acceptors (Lipinski definition) is 3. The van der Waals surface area contributed by atoms with Gasteiger partial charge in [-0.2, -0.15) is 0 Å². The maximum Gasteiger partial charge on any atom is 0.232 e. The van der Waals surface area contributed by atoms with Crippen molar-refractivity contribution in [2.75, 3.05) is 7.11 Å². The summed E-state index contributed by atoms with van der Waals surface area (Å²) in [7, 11) is 1.48. The van der Waals surface area contributed by atoms with E-state index in [9.17, 15) is 5.11 Å². The van der Waals surface area contributed by atoms with Crippen molar-refractivity contribution in [1.82, 2.24) is 4.98 Å². The lowest BCUT2D eigenvalue weighted by Crippen LogP contribution is -1.96. The lowest BCUT2D eigenvalue weighted by atomic mass is 10.2. The van der Waals surface area contributed by atoms with Gasteiger partial charge in [0, 0.05) is 11.8 Å². The van der Waals surface area contributed by atoms with Crippen molar-refractivity contribution >= 4 is 11.6 Å². The van der Waals surface area contributed by atoms with Gasteiger partial charge in [-0.15, -0.1) is 6.58 Å². The molecule has 0 radical (unpaired) electrons. The van der Waals surface area contributed by atoms with Crippen LogP contribution in [-0.2, 0) is 0 Å². The second kappa shape index (κ2) is 4.25. The molecule has 0 spiro atoms. The number of aromatic nitrogens is 1. The van der Waals surface area contributed by atoms with Gasteiger partial charge in [0.15, 0.2) is 0 Å². The van der Waals surface area contributed by atoms with Gasteiger partial charge >= 0.3 is 0 Å². The number of aliphatic hydroxyl groups is 1. The summed E-state index contributed by atoms with van der Waals surface area (Å²) in [6, 6.07) is 1.60. The molecule has 13 heavy (non-hydrogen) atoms. The van der Waals surface area contributed by atoms with Gasteiger partial charge in [-0.1, -0.05) is 17.7 Å². The normalized spacial score (nSPS) is 12.2. The Morgan fingerprint density at radius 2 is 2.46 bits per heavy atom. The highest BCUT2D eigenvalue weighted by atomic mass is 35.5. The summed E-state index contributed by atoms with van der Waals surface area (Å²) in [6.07, 6.45) is 2.16. The second-order valence-electron chi connectivity index (χ2n) is 2.44. The Morgan fingerprint density at radius 3 is 2.92 bits per heavy atom. The van der Waals surface area contributed by atoms with Crippen molar-refractivity contribution in [3.8, 4) is 5.88 Å². The second-order valence-corrected chi connectivity index (χ2v) is 2.85. The molecule has 0 aromatic carbocycles. The van der Waals surface area contributed by atoms with Crippen molar-refractivity contribution < 1.29 is 9.84 Å². The summed E-state index contributed by atoms with van der Waals surface area (Å²) in [5.41, 5.74) is 0.598. The zero-order chi connectivity index (χ0) is 9.84. The first kappa shape index (κ1) is 10.0. The molecular formula is C9H10ClNO2. The third-order valence-electron chi connectivity index (χ3n) is 1.59. The summed E-state index contributed by atoms with van der Waals surface area (Å²) >= 11 is 5.80. The molecule has 3 nitrogen and oxygen atoms in total. The monoisotopic (exact) mass is 199 g/mol. The molecule has 0 saturated carbocycles. The maximum atomic E-state index is 9.36. The Hall–Kier alpha value is -1.06. The molecule has 1 aromatic heterocycles. The third kappa shape index (κ3) is 2.20. The van der Waals surface area contributed by atoms with E-state index in [4.69, 9.17) is 16.3 Å². The largest absolute Gasteiger partial charge is 0.480 e. The minimum Gasteiger partial charge on any atom is -0.480 e. The number of ether oxygens (including phenoxy) is 1. The lowest BCUT2D eigenvalue weighted by Gasteiger charge is -2.07. The average Bonchev–Trinajstić information content (AvgIpc) is 2.16. The highest BCUT2D eigenvalue weighted by Crippen LogP contribution is 2.24. The Balaban J connectivity index is 3.02. The van der Waals surface area contributed by atoms with Crippen LogP contribution in [0.1, 0.15) is 11.7 Å². The van der Waals surface area contributed by atoms with Crippen molar-refractivity contribution in [1.29, 1.82) is 0 Å². The highest BCUT2D eigenvalue weighted by Gasteiger charge is 2.07. The SMILES string of the molecule is C=CC(O)c1cnc(OC)c(Cl)c1. The molecule has 70 valence electrons. The molecule has 1 atom stereocenters. The molecule has 0 amide bonds. The summed E-state index contributed by atoms with van der Waals surface area (Å²) < 4.78 is 4.86. The van der Waals surface area contributed by atoms with Crippen LogP contribution in [0.2, 0.25) is 5.02 Å². The lowest BCUT2D eigenvalue weighted by molar-refractivity contribution is 0.228. The van der Waals surface area contributed by atoms with E-state index < -0.39 is 6.10 Å². The standard InChI is InChI=1S/C9H10ClNO2/c1-3-8(12)6-4-7(10)9(13-2)11-5-6/h3-5,8,12H,1H2,2H3. The van der Waals surface area contributed by atoms with Crippen molar-refractivity contribution in [2.45, 2.75) is 6.10 Å². The molecule has 0 aliphatic carbocycles. The van der Waals surface area contributed by atoms with E-state index >= 15 is 0 Å². The molecule has 1 unspecified atom stereocenters. The van der Waals surface area contributed by atoms with E-state index in [0.717, 1.165) is 0 Å². The Bertz CT molecular complexity index is 314. The van der Waals surface area contributed by atoms with Crippen LogP contribution in [0.15, 0.2) is 24.9 Å². The topological polar surface area (TPSA) is 42.4 Å². The van der Waals surface area contributed by atoms with Crippen LogP contribution in [0.4, 0.5) is 0 Å². The van der Waals surface area contributed by atoms with Crippen LogP contribution in [0.5, 0.6) is 5.88 Å². The summed E-state index contributed by atoms with van der Waals surface area (Å²) in [6.45, 7) is 3.46. The molecule has 1 rings (SSSR count). The molecule has 0 aliphatic rings. The fourth-order valence-corrected chi connectivity index (χ4v) is 1.14. The maximum absolute atomic E-state index is 9.36. The minimum atomic E-state index is -0.740. The van der Waals surface area contributed by atoms with Crippen LogP contribution in [0.25, 0.3) is 0 Å². The molecule has 1 heterocycles. The van der Waals surface area contributed by atoms with Crippen LogP contribution >= 0.6 is 11.6 Å². The Kier molecular flexibility index (Phi) is 3.28. The number of pyridine rings is 1. The zero-order valence-electron chi connectivity index (χ0n) is 7.20. The van der Waals surface area contributed by atoms with Gasteiger partial charge in [-0.3, -0.25) is 0 Å². The molecule has 0 fully saturated rings. The van der Waals surface area contributed by atoms with Crippen LogP contribution in [0.3, 0.4) is 0 Å². The number of nitrogens with zero attached hydrogens (tertiary/aromatic N) is 1. The number of methoxy groups -OCH3 is 1. The van der Waals surface area contributed by atoms with E-state index in [1.54, 1.807) is 6.07 Å². The van der Waals surface area contributed by atoms with E-state index in [1.807, 2.05) is 0 Å². The minimum absolute atomic E-state index is 0.349. The van der Waals surface area contributed by atoms with Gasteiger partial charge in [0.1, 0.15) is 5.02 Å². The van der Waals surface area contributed by atoms with Gasteiger partial charge in [0.2, 0.25) is 5.88 Å². The Morgan fingerprint density at radius 1 is 1.77 bits per heavy atom. The molecule has 0 saturated heterocycles. The zero-order valence-corrected chi connectivity index (χ0v) is 7.95. The molecule has 0 aliphatic heterocycles. The van der Waals surface area contributed by atoms with Crippen LogP contribution in [-0.4, -0.2) is 17.2 Å². The molecular weight excluding hydrogens is 190 g/mol. The van der Waals surface area contributed by atoms with E-state index in [-0.39, 0.29) is 0 Å². The van der Waals surface area contributed by atoms with Gasteiger partial charge in [0.05, 0.1) is 13.2 Å². The van der Waals surface area contributed by atoms with Crippen molar-refractivity contribution in [3.05, 3.63) is 35.5 Å². The fraction of sp³-hybridized carbons (Fsp3) is 0.222. The molecule has 1 aromatic rings. The first-order valence-corrected chi connectivity index (χ1v) is 4.07. The van der Waals surface area contributed by atoms with Crippen LogP contribution < -0.4 is 4.74 Å². The van der Waals surface area contributed by atoms with Gasteiger partial charge in [-0.25, -0.2) is 4.98 Å². The summed E-state index contributed by atoms with van der Waals surface area (Å²) in [4.78, 5) is 3.90. The predicted octanol–water partition coefficient (Wildman–Crippen LogP) is 1.96. The van der Waals surface area contributed by atoms with Crippen LogP contribution in [0, 0.1) is 0 Å².